The molecular formula is C15H22N2O6S2. The van der Waals surface area contributed by atoms with Gasteiger partial charge in [0.2, 0.25) is 0 Å². The Morgan fingerprint density at radius 2 is 1.16 bits per heavy atom. The van der Waals surface area contributed by atoms with Crippen LogP contribution in [0.4, 0.5) is 0 Å². The van der Waals surface area contributed by atoms with Crippen LogP contribution < -0.4 is 0 Å². The first-order valence-electron chi connectivity index (χ1n) is 7.13. The fourth-order valence-corrected chi connectivity index (χ4v) is 2.52. The molecule has 2 aromatic rings. The van der Waals surface area contributed by atoms with Crippen molar-refractivity contribution in [2.75, 3.05) is 11.5 Å². The monoisotopic (exact) mass is 390 g/mol. The molecule has 0 saturated heterocycles. The molecule has 0 atom stereocenters. The molecule has 0 aromatic carbocycles. The van der Waals surface area contributed by atoms with Gasteiger partial charge in [-0.3, -0.25) is 19.1 Å². The molecule has 0 aliphatic heterocycles. The molecular weight excluding hydrogens is 368 g/mol. The Labute approximate surface area is 148 Å². The van der Waals surface area contributed by atoms with Crippen molar-refractivity contribution in [1.29, 1.82) is 0 Å². The summed E-state index contributed by atoms with van der Waals surface area (Å²) in [5.41, 5.74) is 2.42. The highest BCUT2D eigenvalue weighted by molar-refractivity contribution is 7.86. The Morgan fingerprint density at radius 3 is 1.32 bits per heavy atom. The number of pyridine rings is 2. The van der Waals surface area contributed by atoms with Crippen LogP contribution >= 0.6 is 0 Å². The molecule has 2 aromatic heterocycles. The summed E-state index contributed by atoms with van der Waals surface area (Å²) in [5, 5.41) is 0. The molecule has 0 fully saturated rings. The first-order valence-corrected chi connectivity index (χ1v) is 10.3. The highest BCUT2D eigenvalue weighted by Gasteiger charge is 2.08. The highest BCUT2D eigenvalue weighted by atomic mass is 32.2. The van der Waals surface area contributed by atoms with E-state index in [9.17, 15) is 16.8 Å². The normalized spacial score (nSPS) is 10.7. The summed E-state index contributed by atoms with van der Waals surface area (Å²) in [4.78, 5) is 7.77. The van der Waals surface area contributed by atoms with Crippen LogP contribution in [0.3, 0.4) is 0 Å². The van der Waals surface area contributed by atoms with E-state index in [0.29, 0.717) is 0 Å². The zero-order valence-corrected chi connectivity index (χ0v) is 15.6. The van der Waals surface area contributed by atoms with Gasteiger partial charge in [-0.25, -0.2) is 0 Å². The molecule has 0 unspecified atom stereocenters. The molecule has 8 nitrogen and oxygen atoms in total. The van der Waals surface area contributed by atoms with Crippen molar-refractivity contribution in [3.8, 4) is 0 Å². The topological polar surface area (TPSA) is 135 Å². The maximum atomic E-state index is 10.00. The van der Waals surface area contributed by atoms with Gasteiger partial charge in [0.05, 0.1) is 11.5 Å². The van der Waals surface area contributed by atoms with Crippen LogP contribution in [0.1, 0.15) is 17.5 Å². The van der Waals surface area contributed by atoms with Gasteiger partial charge in [0.15, 0.2) is 0 Å². The lowest BCUT2D eigenvalue weighted by atomic mass is 10.3. The third kappa shape index (κ3) is 18.3. The Kier molecular flexibility index (Phi) is 10.8. The lowest BCUT2D eigenvalue weighted by molar-refractivity contribution is 0.477. The molecule has 0 aliphatic rings. The largest absolute Gasteiger partial charge is 0.286 e. The summed E-state index contributed by atoms with van der Waals surface area (Å²) >= 11 is 0. The van der Waals surface area contributed by atoms with E-state index in [2.05, 4.69) is 9.97 Å². The first kappa shape index (κ1) is 23.1. The van der Waals surface area contributed by atoms with Crippen LogP contribution in [0, 0.1) is 13.8 Å². The van der Waals surface area contributed by atoms with Crippen LogP contribution in [0.5, 0.6) is 0 Å². The molecule has 2 rings (SSSR count). The Hall–Kier alpha value is -1.88. The molecule has 0 bridgehead atoms. The predicted molar refractivity (Wildman–Crippen MR) is 95.4 cm³/mol. The summed E-state index contributed by atoms with van der Waals surface area (Å²) in [7, 11) is -8.24. The average molecular weight is 390 g/mol. The smallest absolute Gasteiger partial charge is 0.264 e. The number of aryl methyl sites for hydroxylation is 2. The SMILES string of the molecule is Cc1cccnc1.Cc1cccnc1.O=S(=O)(O)CCCS(=O)(=O)O. The Balaban J connectivity index is 0.000000358. The Morgan fingerprint density at radius 1 is 0.800 bits per heavy atom. The molecule has 10 heteroatoms. The van der Waals surface area contributed by atoms with Gasteiger partial charge in [-0.2, -0.15) is 16.8 Å². The fourth-order valence-electron chi connectivity index (χ4n) is 1.32. The molecule has 0 spiro atoms. The maximum absolute atomic E-state index is 10.00. The molecule has 25 heavy (non-hydrogen) atoms. The molecule has 0 aliphatic carbocycles. The third-order valence-corrected chi connectivity index (χ3v) is 4.03. The van der Waals surface area contributed by atoms with Gasteiger partial charge in [-0.05, 0) is 43.5 Å². The highest BCUT2D eigenvalue weighted by Crippen LogP contribution is 1.92. The lowest BCUT2D eigenvalue weighted by Crippen LogP contribution is -2.10. The quantitative estimate of drug-likeness (QED) is 0.756. The number of hydrogen-bond donors (Lipinski definition) is 2. The third-order valence-electron chi connectivity index (χ3n) is 2.42. The van der Waals surface area contributed by atoms with Crippen molar-refractivity contribution in [2.24, 2.45) is 0 Å². The molecule has 0 amide bonds. The summed E-state index contributed by atoms with van der Waals surface area (Å²) in [5.74, 6) is -1.32. The Bertz CT molecular complexity index is 725. The van der Waals surface area contributed by atoms with Crippen molar-refractivity contribution in [2.45, 2.75) is 20.3 Å². The minimum Gasteiger partial charge on any atom is -0.286 e. The van der Waals surface area contributed by atoms with Gasteiger partial charge in [-0.15, -0.1) is 0 Å². The summed E-state index contributed by atoms with van der Waals surface area (Å²) in [6.07, 6.45) is 6.90. The van der Waals surface area contributed by atoms with Gasteiger partial charge < -0.3 is 0 Å². The van der Waals surface area contributed by atoms with Crippen molar-refractivity contribution in [3.63, 3.8) is 0 Å². The van der Waals surface area contributed by atoms with Crippen LogP contribution in [0.25, 0.3) is 0 Å². The van der Waals surface area contributed by atoms with E-state index in [0.717, 1.165) is 0 Å². The van der Waals surface area contributed by atoms with Gasteiger partial charge in [0, 0.05) is 24.8 Å². The molecule has 0 saturated carbocycles. The van der Waals surface area contributed by atoms with Gasteiger partial charge in [-0.1, -0.05) is 12.1 Å². The number of hydrogen-bond acceptors (Lipinski definition) is 6. The summed E-state index contributed by atoms with van der Waals surface area (Å²) < 4.78 is 56.2. The lowest BCUT2D eigenvalue weighted by Gasteiger charge is -1.94. The van der Waals surface area contributed by atoms with Gasteiger partial charge in [0.25, 0.3) is 20.2 Å². The summed E-state index contributed by atoms with van der Waals surface area (Å²) in [6, 6.07) is 7.89. The van der Waals surface area contributed by atoms with E-state index in [1.165, 1.54) is 11.1 Å². The second-order valence-corrected chi connectivity index (χ2v) is 8.13. The van der Waals surface area contributed by atoms with Crippen molar-refractivity contribution in [1.82, 2.24) is 9.97 Å². The fraction of sp³-hybridized carbons (Fsp3) is 0.333. The van der Waals surface area contributed by atoms with Crippen molar-refractivity contribution < 1.29 is 25.9 Å². The van der Waals surface area contributed by atoms with Crippen molar-refractivity contribution in [3.05, 3.63) is 60.2 Å². The van der Waals surface area contributed by atoms with Crippen LogP contribution in [-0.4, -0.2) is 47.4 Å². The number of aromatic nitrogens is 2. The zero-order valence-electron chi connectivity index (χ0n) is 14.0. The zero-order chi connectivity index (χ0) is 19.3. The van der Waals surface area contributed by atoms with E-state index in [1.807, 2.05) is 50.5 Å². The van der Waals surface area contributed by atoms with Crippen LogP contribution in [-0.2, 0) is 20.2 Å². The minimum atomic E-state index is -4.12. The van der Waals surface area contributed by atoms with E-state index in [4.69, 9.17) is 9.11 Å². The second kappa shape index (κ2) is 11.6. The predicted octanol–water partition coefficient (Wildman–Crippen LogP) is 1.93. The van der Waals surface area contributed by atoms with E-state index >= 15 is 0 Å². The second-order valence-electron chi connectivity index (χ2n) is 4.99. The maximum Gasteiger partial charge on any atom is 0.264 e. The molecule has 0 radical (unpaired) electrons. The number of rotatable bonds is 4. The van der Waals surface area contributed by atoms with Crippen molar-refractivity contribution >= 4 is 20.2 Å². The van der Waals surface area contributed by atoms with E-state index < -0.39 is 31.7 Å². The van der Waals surface area contributed by atoms with Gasteiger partial charge >= 0.3 is 0 Å². The number of nitrogens with zero attached hydrogens (tertiary/aromatic N) is 2. The first-order chi connectivity index (χ1) is 11.5. The van der Waals surface area contributed by atoms with E-state index in [-0.39, 0.29) is 6.42 Å². The minimum absolute atomic E-state index is 0.308. The van der Waals surface area contributed by atoms with E-state index in [1.54, 1.807) is 12.4 Å². The molecule has 2 N–H and O–H groups in total. The molecule has 2 heterocycles. The van der Waals surface area contributed by atoms with Crippen LogP contribution in [0.2, 0.25) is 0 Å². The van der Waals surface area contributed by atoms with Gasteiger partial charge in [0.1, 0.15) is 0 Å². The average Bonchev–Trinajstić information content (AvgIpc) is 2.47. The molecule has 140 valence electrons. The standard InChI is InChI=1S/2C6H7N.C3H8O6S2/c2*1-6-3-2-4-7-5-6;4-10(5,6)2-1-3-11(7,8)9/h2*2-5H,1H3;1-3H2,(H,4,5,6)(H,7,8,9). The van der Waals surface area contributed by atoms with Crippen LogP contribution in [0.15, 0.2) is 49.1 Å². The summed E-state index contributed by atoms with van der Waals surface area (Å²) in [6.45, 7) is 4.04.